The van der Waals surface area contributed by atoms with Crippen molar-refractivity contribution in [3.63, 3.8) is 0 Å². The van der Waals surface area contributed by atoms with Crippen molar-refractivity contribution in [1.82, 2.24) is 0 Å². The maximum atomic E-state index is 5.82. The van der Waals surface area contributed by atoms with E-state index < -0.39 is 0 Å². The van der Waals surface area contributed by atoms with E-state index in [1.54, 1.807) is 21.3 Å². The Balaban J connectivity index is 2.89. The Morgan fingerprint density at radius 1 is 0.682 bits per heavy atom. The molecule has 1 rings (SSSR count). The van der Waals surface area contributed by atoms with Gasteiger partial charge in [0.05, 0.1) is 19.8 Å². The van der Waals surface area contributed by atoms with Crippen LogP contribution in [0.25, 0.3) is 0 Å². The minimum Gasteiger partial charge on any atom is -0.487 e. The maximum absolute atomic E-state index is 5.82. The van der Waals surface area contributed by atoms with E-state index in [1.807, 2.05) is 12.1 Å². The van der Waals surface area contributed by atoms with Gasteiger partial charge >= 0.3 is 0 Å². The third kappa shape index (κ3) is 6.23. The third-order valence-corrected chi connectivity index (χ3v) is 3.67. The standard InChI is InChI=1S/C15H26O6Si/c1-16-6-9-19-12-4-5-13(22)15(21-11-8-18-3)14(12)20-10-7-17-2/h4-5H,6-11H2,1-3,22H3. The molecule has 0 aromatic heterocycles. The van der Waals surface area contributed by atoms with Gasteiger partial charge in [-0.15, -0.1) is 0 Å². The molecule has 0 atom stereocenters. The number of ether oxygens (including phenoxy) is 6. The van der Waals surface area contributed by atoms with Crippen LogP contribution >= 0.6 is 0 Å². The largest absolute Gasteiger partial charge is 0.487 e. The van der Waals surface area contributed by atoms with Gasteiger partial charge in [-0.05, 0) is 11.3 Å². The molecule has 1 aromatic rings. The summed E-state index contributed by atoms with van der Waals surface area (Å²) in [6.07, 6.45) is 0. The summed E-state index contributed by atoms with van der Waals surface area (Å²) in [5.41, 5.74) is 0. The fraction of sp³-hybridized carbons (Fsp3) is 0.600. The van der Waals surface area contributed by atoms with Crippen molar-refractivity contribution in [1.29, 1.82) is 0 Å². The lowest BCUT2D eigenvalue weighted by atomic mass is 10.3. The highest BCUT2D eigenvalue weighted by molar-refractivity contribution is 6.34. The quantitative estimate of drug-likeness (QED) is 0.389. The maximum Gasteiger partial charge on any atom is 0.203 e. The van der Waals surface area contributed by atoms with Gasteiger partial charge in [-0.3, -0.25) is 0 Å². The van der Waals surface area contributed by atoms with Crippen LogP contribution < -0.4 is 19.4 Å². The van der Waals surface area contributed by atoms with E-state index >= 15 is 0 Å². The van der Waals surface area contributed by atoms with Gasteiger partial charge < -0.3 is 28.4 Å². The molecule has 0 aliphatic carbocycles. The summed E-state index contributed by atoms with van der Waals surface area (Å²) in [4.78, 5) is 0. The van der Waals surface area contributed by atoms with E-state index in [0.717, 1.165) is 21.2 Å². The number of rotatable bonds is 12. The van der Waals surface area contributed by atoms with Crippen molar-refractivity contribution in [2.24, 2.45) is 0 Å². The molecule has 0 radical (unpaired) electrons. The van der Waals surface area contributed by atoms with Gasteiger partial charge in [0.2, 0.25) is 5.75 Å². The highest BCUT2D eigenvalue weighted by Crippen LogP contribution is 2.35. The van der Waals surface area contributed by atoms with Gasteiger partial charge in [-0.2, -0.15) is 0 Å². The first-order valence-corrected chi connectivity index (χ1v) is 8.23. The molecule has 0 N–H and O–H groups in total. The van der Waals surface area contributed by atoms with Gasteiger partial charge in [0, 0.05) is 31.6 Å². The normalized spacial score (nSPS) is 10.7. The summed E-state index contributed by atoms with van der Waals surface area (Å²) >= 11 is 0. The number of benzene rings is 1. The van der Waals surface area contributed by atoms with Gasteiger partial charge in [-0.1, -0.05) is 6.07 Å². The van der Waals surface area contributed by atoms with Crippen molar-refractivity contribution < 1.29 is 28.4 Å². The lowest BCUT2D eigenvalue weighted by Gasteiger charge is -2.18. The molecular weight excluding hydrogens is 304 g/mol. The molecule has 0 saturated carbocycles. The average Bonchev–Trinajstić information content (AvgIpc) is 2.52. The molecule has 0 bridgehead atoms. The SMILES string of the molecule is COCCOc1ccc([SiH3])c(OCCOC)c1OCCOC. The Morgan fingerprint density at radius 2 is 1.18 bits per heavy atom. The van der Waals surface area contributed by atoms with Crippen molar-refractivity contribution in [3.05, 3.63) is 12.1 Å². The van der Waals surface area contributed by atoms with Crippen molar-refractivity contribution in [2.75, 3.05) is 61.0 Å². The van der Waals surface area contributed by atoms with Gasteiger partial charge in [0.1, 0.15) is 19.8 Å². The van der Waals surface area contributed by atoms with E-state index in [-0.39, 0.29) is 0 Å². The second-order valence-electron chi connectivity index (χ2n) is 4.56. The molecule has 0 amide bonds. The van der Waals surface area contributed by atoms with E-state index in [4.69, 9.17) is 28.4 Å². The second kappa shape index (κ2) is 11.3. The van der Waals surface area contributed by atoms with Crippen molar-refractivity contribution in [2.45, 2.75) is 0 Å². The molecule has 126 valence electrons. The Kier molecular flexibility index (Phi) is 9.64. The van der Waals surface area contributed by atoms with Crippen molar-refractivity contribution >= 4 is 15.4 Å². The smallest absolute Gasteiger partial charge is 0.203 e. The highest BCUT2D eigenvalue weighted by atomic mass is 28.1. The molecule has 0 fully saturated rings. The number of hydrogen-bond acceptors (Lipinski definition) is 6. The first-order chi connectivity index (χ1) is 10.7. The number of methoxy groups -OCH3 is 3. The molecule has 0 saturated heterocycles. The molecule has 0 aliphatic rings. The van der Waals surface area contributed by atoms with Gasteiger partial charge in [-0.25, -0.2) is 0 Å². The van der Waals surface area contributed by atoms with E-state index in [9.17, 15) is 0 Å². The third-order valence-electron chi connectivity index (χ3n) is 2.89. The average molecular weight is 330 g/mol. The van der Waals surface area contributed by atoms with Crippen LogP contribution in [0.3, 0.4) is 0 Å². The van der Waals surface area contributed by atoms with Crippen molar-refractivity contribution in [3.8, 4) is 17.2 Å². The second-order valence-corrected chi connectivity index (χ2v) is 5.64. The summed E-state index contributed by atoms with van der Waals surface area (Å²) in [6.45, 7) is 2.89. The van der Waals surface area contributed by atoms with Crippen LogP contribution in [0.4, 0.5) is 0 Å². The molecule has 0 spiro atoms. The first-order valence-electron chi connectivity index (χ1n) is 7.23. The van der Waals surface area contributed by atoms with Crippen LogP contribution in [0.5, 0.6) is 17.2 Å². The van der Waals surface area contributed by atoms with Crippen LogP contribution in [0.1, 0.15) is 0 Å². The van der Waals surface area contributed by atoms with Gasteiger partial charge in [0.15, 0.2) is 11.5 Å². The topological polar surface area (TPSA) is 55.4 Å². The summed E-state index contributed by atoms with van der Waals surface area (Å²) in [6, 6.07) is 3.91. The summed E-state index contributed by atoms with van der Waals surface area (Å²) in [5.74, 6) is 2.01. The lowest BCUT2D eigenvalue weighted by Crippen LogP contribution is -2.17. The monoisotopic (exact) mass is 330 g/mol. The lowest BCUT2D eigenvalue weighted by molar-refractivity contribution is 0.124. The molecule has 0 aliphatic heterocycles. The molecule has 0 heterocycles. The fourth-order valence-electron chi connectivity index (χ4n) is 1.76. The zero-order valence-electron chi connectivity index (χ0n) is 13.8. The van der Waals surface area contributed by atoms with E-state index in [0.29, 0.717) is 51.1 Å². The Bertz CT molecular complexity index is 427. The van der Waals surface area contributed by atoms with E-state index in [1.165, 1.54) is 0 Å². The molecule has 0 unspecified atom stereocenters. The fourth-order valence-corrected chi connectivity index (χ4v) is 2.30. The Labute approximate surface area is 135 Å². The first kappa shape index (κ1) is 18.8. The Hall–Kier alpha value is -1.28. The summed E-state index contributed by atoms with van der Waals surface area (Å²) in [7, 11) is 5.77. The van der Waals surface area contributed by atoms with Crippen LogP contribution in [0.2, 0.25) is 0 Å². The minimum absolute atomic E-state index is 0.433. The molecule has 6 nitrogen and oxygen atoms in total. The van der Waals surface area contributed by atoms with Gasteiger partial charge in [0.25, 0.3) is 0 Å². The Morgan fingerprint density at radius 3 is 1.73 bits per heavy atom. The zero-order valence-corrected chi connectivity index (χ0v) is 15.8. The van der Waals surface area contributed by atoms with Crippen LogP contribution in [-0.2, 0) is 14.2 Å². The van der Waals surface area contributed by atoms with Crippen LogP contribution in [-0.4, -0.2) is 71.2 Å². The van der Waals surface area contributed by atoms with E-state index in [2.05, 4.69) is 0 Å². The zero-order chi connectivity index (χ0) is 16.2. The molecular formula is C15H26O6Si. The molecule has 22 heavy (non-hydrogen) atoms. The van der Waals surface area contributed by atoms with Crippen LogP contribution in [0.15, 0.2) is 12.1 Å². The molecule has 1 aromatic carbocycles. The number of hydrogen-bond donors (Lipinski definition) is 0. The van der Waals surface area contributed by atoms with Crippen LogP contribution in [0, 0.1) is 0 Å². The highest BCUT2D eigenvalue weighted by Gasteiger charge is 2.16. The summed E-state index contributed by atoms with van der Waals surface area (Å²) < 4.78 is 32.4. The molecule has 7 heteroatoms. The minimum atomic E-state index is 0.433. The summed E-state index contributed by atoms with van der Waals surface area (Å²) in [5, 5.41) is 1.11. The predicted molar refractivity (Wildman–Crippen MR) is 88.1 cm³/mol. The predicted octanol–water partition coefficient (Wildman–Crippen LogP) is -0.247.